The van der Waals surface area contributed by atoms with E-state index in [1.165, 1.54) is 16.8 Å². The molecule has 0 bridgehead atoms. The van der Waals surface area contributed by atoms with E-state index in [-0.39, 0.29) is 6.61 Å². The van der Waals surface area contributed by atoms with Gasteiger partial charge in [-0.25, -0.2) is 4.79 Å². The monoisotopic (exact) mass is 254 g/mol. The molecule has 1 aliphatic heterocycles. The van der Waals surface area contributed by atoms with Crippen LogP contribution in [0.5, 0.6) is 0 Å². The first-order valence-electron chi connectivity index (χ1n) is 5.33. The molecule has 3 atom stereocenters. The van der Waals surface area contributed by atoms with Gasteiger partial charge in [0.2, 0.25) is 0 Å². The van der Waals surface area contributed by atoms with Crippen LogP contribution in [0.15, 0.2) is 27.1 Å². The van der Waals surface area contributed by atoms with Crippen molar-refractivity contribution in [1.29, 1.82) is 0 Å². The number of aromatic amines is 1. The molecule has 0 unspecified atom stereocenters. The minimum absolute atomic E-state index is 0.276. The molecule has 18 heavy (non-hydrogen) atoms. The van der Waals surface area contributed by atoms with Crippen molar-refractivity contribution >= 4 is 0 Å². The highest BCUT2D eigenvalue weighted by Crippen LogP contribution is 2.27. The smallest absolute Gasteiger partial charge is 0.330 e. The van der Waals surface area contributed by atoms with Crippen molar-refractivity contribution < 1.29 is 9.84 Å². The molecule has 98 valence electrons. The SMILES string of the molecule is [N-]=NN[C@@H]1C[C@H](n2ccc(=O)[nH]c2=O)O[C@@H]1CO. The molecule has 0 saturated carbocycles. The molecule has 1 fully saturated rings. The molecule has 9 heteroatoms. The molecular formula is C9H12N5O4-. The number of nitrogens with one attached hydrogen (secondary N) is 2. The Morgan fingerprint density at radius 3 is 3.06 bits per heavy atom. The van der Waals surface area contributed by atoms with Crippen LogP contribution in [0, 0.1) is 0 Å². The fraction of sp³-hybridized carbons (Fsp3) is 0.556. The Balaban J connectivity index is 2.23. The summed E-state index contributed by atoms with van der Waals surface area (Å²) in [4.78, 5) is 24.6. The Bertz CT molecular complexity index is 538. The summed E-state index contributed by atoms with van der Waals surface area (Å²) in [6.45, 7) is -0.276. The first kappa shape index (κ1) is 12.5. The number of aliphatic hydroxyl groups is 1. The van der Waals surface area contributed by atoms with Gasteiger partial charge in [0.1, 0.15) is 6.23 Å². The third-order valence-electron chi connectivity index (χ3n) is 2.80. The largest absolute Gasteiger partial charge is 0.408 e. The average molecular weight is 254 g/mol. The van der Waals surface area contributed by atoms with Crippen LogP contribution < -0.4 is 16.7 Å². The lowest BCUT2D eigenvalue weighted by atomic mass is 10.1. The highest BCUT2D eigenvalue weighted by molar-refractivity contribution is 4.90. The topological polar surface area (TPSA) is 131 Å². The summed E-state index contributed by atoms with van der Waals surface area (Å²) in [7, 11) is 0. The summed E-state index contributed by atoms with van der Waals surface area (Å²) in [5.41, 5.74) is 9.75. The van der Waals surface area contributed by atoms with Crippen LogP contribution in [0.4, 0.5) is 0 Å². The summed E-state index contributed by atoms with van der Waals surface area (Å²) in [6.07, 6.45) is 0.412. The number of nitrogens with zero attached hydrogens (tertiary/aromatic N) is 3. The zero-order valence-electron chi connectivity index (χ0n) is 9.31. The standard InChI is InChI=1S/C9H12N5O4/c10-13-12-5-3-8(18-6(5)4-15)14-2-1-7(16)11-9(14)17/h1-2,5-6,8,15H,3-4H2,(H2-,10,11,12,16,17)/q-1/t5-,6-,8-/m1/s1. The number of aliphatic hydroxyl groups excluding tert-OH is 1. The van der Waals surface area contributed by atoms with Gasteiger partial charge in [-0.3, -0.25) is 19.6 Å². The maximum absolute atomic E-state index is 11.6. The molecule has 1 aromatic heterocycles. The fourth-order valence-corrected chi connectivity index (χ4v) is 1.93. The van der Waals surface area contributed by atoms with Crippen molar-refractivity contribution in [2.75, 3.05) is 6.61 Å². The van der Waals surface area contributed by atoms with Gasteiger partial charge in [-0.1, -0.05) is 0 Å². The second-order valence-electron chi connectivity index (χ2n) is 3.90. The quantitative estimate of drug-likeness (QED) is 0.454. The van der Waals surface area contributed by atoms with E-state index in [0.717, 1.165) is 0 Å². The van der Waals surface area contributed by atoms with E-state index in [4.69, 9.17) is 15.4 Å². The van der Waals surface area contributed by atoms with Gasteiger partial charge in [-0.05, 0) is 6.42 Å². The van der Waals surface area contributed by atoms with E-state index in [1.54, 1.807) is 0 Å². The van der Waals surface area contributed by atoms with Gasteiger partial charge in [0.25, 0.3) is 5.56 Å². The van der Waals surface area contributed by atoms with E-state index in [9.17, 15) is 9.59 Å². The molecule has 0 aliphatic carbocycles. The Kier molecular flexibility index (Phi) is 3.53. The van der Waals surface area contributed by atoms with E-state index in [1.807, 2.05) is 0 Å². The van der Waals surface area contributed by atoms with Gasteiger partial charge >= 0.3 is 5.69 Å². The van der Waals surface area contributed by atoms with Crippen LogP contribution in [-0.4, -0.2) is 33.4 Å². The third-order valence-corrected chi connectivity index (χ3v) is 2.80. The maximum atomic E-state index is 11.6. The lowest BCUT2D eigenvalue weighted by molar-refractivity contribution is -0.0290. The predicted molar refractivity (Wildman–Crippen MR) is 59.6 cm³/mol. The van der Waals surface area contributed by atoms with Crippen LogP contribution in [-0.2, 0) is 4.74 Å². The summed E-state index contributed by atoms with van der Waals surface area (Å²) >= 11 is 0. The zero-order chi connectivity index (χ0) is 13.1. The minimum atomic E-state index is -0.634. The molecule has 3 N–H and O–H groups in total. The van der Waals surface area contributed by atoms with E-state index in [0.29, 0.717) is 6.42 Å². The maximum Gasteiger partial charge on any atom is 0.330 e. The van der Waals surface area contributed by atoms with E-state index >= 15 is 0 Å². The second kappa shape index (κ2) is 5.10. The summed E-state index contributed by atoms with van der Waals surface area (Å²) < 4.78 is 6.65. The van der Waals surface area contributed by atoms with Gasteiger partial charge in [0.05, 0.1) is 12.7 Å². The van der Waals surface area contributed by atoms with Crippen LogP contribution in [0.3, 0.4) is 0 Å². The van der Waals surface area contributed by atoms with Gasteiger partial charge < -0.3 is 20.8 Å². The predicted octanol–water partition coefficient (Wildman–Crippen LogP) is -1.29. The van der Waals surface area contributed by atoms with Crippen LogP contribution in [0.2, 0.25) is 0 Å². The Morgan fingerprint density at radius 1 is 1.67 bits per heavy atom. The molecule has 2 heterocycles. The molecule has 0 amide bonds. The number of ether oxygens (including phenoxy) is 1. The fourth-order valence-electron chi connectivity index (χ4n) is 1.93. The van der Waals surface area contributed by atoms with Crippen molar-refractivity contribution in [3.63, 3.8) is 0 Å². The van der Waals surface area contributed by atoms with Crippen molar-refractivity contribution in [2.24, 2.45) is 5.22 Å². The molecule has 9 nitrogen and oxygen atoms in total. The Labute approximate surface area is 101 Å². The van der Waals surface area contributed by atoms with E-state index in [2.05, 4.69) is 15.6 Å². The Hall–Kier alpha value is -2.00. The van der Waals surface area contributed by atoms with Crippen LogP contribution >= 0.6 is 0 Å². The van der Waals surface area contributed by atoms with Crippen molar-refractivity contribution in [1.82, 2.24) is 15.0 Å². The van der Waals surface area contributed by atoms with Crippen molar-refractivity contribution in [3.05, 3.63) is 38.6 Å². The number of hydrogen-bond donors (Lipinski definition) is 3. The first-order valence-corrected chi connectivity index (χ1v) is 5.33. The van der Waals surface area contributed by atoms with Gasteiger partial charge in [-0.2, -0.15) is 0 Å². The van der Waals surface area contributed by atoms with Crippen LogP contribution in [0.25, 0.3) is 5.53 Å². The highest BCUT2D eigenvalue weighted by atomic mass is 16.5. The molecule has 1 aromatic rings. The molecular weight excluding hydrogens is 242 g/mol. The lowest BCUT2D eigenvalue weighted by Crippen LogP contribution is -2.34. The minimum Gasteiger partial charge on any atom is -0.408 e. The third kappa shape index (κ3) is 2.31. The number of aromatic nitrogens is 2. The van der Waals surface area contributed by atoms with Crippen LogP contribution in [0.1, 0.15) is 12.6 Å². The molecule has 0 aromatic carbocycles. The summed E-state index contributed by atoms with van der Waals surface area (Å²) in [5.74, 6) is 0. The number of rotatable bonds is 4. The average Bonchev–Trinajstić information content (AvgIpc) is 2.72. The molecule has 0 spiro atoms. The summed E-state index contributed by atoms with van der Waals surface area (Å²) in [5, 5.41) is 11.9. The number of hydrogen-bond acceptors (Lipinski definition) is 5. The zero-order valence-corrected chi connectivity index (χ0v) is 9.31. The normalized spacial score (nSPS) is 27.1. The molecule has 2 rings (SSSR count). The van der Waals surface area contributed by atoms with Gasteiger partial charge in [-0.15, -0.1) is 0 Å². The van der Waals surface area contributed by atoms with Gasteiger partial charge in [0.15, 0.2) is 0 Å². The van der Waals surface area contributed by atoms with Crippen molar-refractivity contribution in [2.45, 2.75) is 24.8 Å². The Morgan fingerprint density at radius 2 is 2.44 bits per heavy atom. The summed E-state index contributed by atoms with van der Waals surface area (Å²) in [6, 6.07) is 0.791. The lowest BCUT2D eigenvalue weighted by Gasteiger charge is -2.19. The van der Waals surface area contributed by atoms with Gasteiger partial charge in [0, 0.05) is 18.3 Å². The first-order chi connectivity index (χ1) is 8.65. The molecule has 0 radical (unpaired) electrons. The highest BCUT2D eigenvalue weighted by Gasteiger charge is 2.33. The van der Waals surface area contributed by atoms with Crippen molar-refractivity contribution in [3.8, 4) is 0 Å². The molecule has 1 saturated heterocycles. The molecule has 1 aliphatic rings. The number of H-pyrrole nitrogens is 1. The van der Waals surface area contributed by atoms with E-state index < -0.39 is 29.6 Å². The second-order valence-corrected chi connectivity index (χ2v) is 3.90.